The van der Waals surface area contributed by atoms with E-state index < -0.39 is 9.84 Å². The maximum absolute atomic E-state index is 12.6. The lowest BCUT2D eigenvalue weighted by Gasteiger charge is -2.20. The Morgan fingerprint density at radius 1 is 1.31 bits per heavy atom. The number of aliphatic imine (C=N–C) groups is 1. The van der Waals surface area contributed by atoms with Crippen molar-refractivity contribution in [3.8, 4) is 0 Å². The van der Waals surface area contributed by atoms with Crippen molar-refractivity contribution >= 4 is 39.8 Å². The molecule has 1 aromatic carbocycles. The molecule has 7 nitrogen and oxygen atoms in total. The number of hydrogen-bond donors (Lipinski definition) is 2. The molecule has 0 saturated carbocycles. The minimum Gasteiger partial charge on any atom is -0.379 e. The Morgan fingerprint density at radius 2 is 2.07 bits per heavy atom. The van der Waals surface area contributed by atoms with Gasteiger partial charge in [-0.15, -0.1) is 24.0 Å². The normalized spacial score (nSPS) is 18.1. The van der Waals surface area contributed by atoms with Crippen molar-refractivity contribution in [1.29, 1.82) is 0 Å². The Kier molecular flexibility index (Phi) is 12.8. The first-order chi connectivity index (χ1) is 13.5. The zero-order valence-corrected chi connectivity index (χ0v) is 20.4. The third kappa shape index (κ3) is 9.63. The van der Waals surface area contributed by atoms with Gasteiger partial charge in [-0.2, -0.15) is 0 Å². The zero-order chi connectivity index (χ0) is 20.2. The molecule has 1 fully saturated rings. The van der Waals surface area contributed by atoms with E-state index in [1.54, 1.807) is 24.3 Å². The Hall–Kier alpha value is -0.910. The van der Waals surface area contributed by atoms with E-state index in [2.05, 4.69) is 15.6 Å². The van der Waals surface area contributed by atoms with Gasteiger partial charge in [0.15, 0.2) is 15.8 Å². The molecule has 166 valence electrons. The van der Waals surface area contributed by atoms with E-state index in [-0.39, 0.29) is 41.9 Å². The first-order valence-corrected chi connectivity index (χ1v) is 11.7. The Morgan fingerprint density at radius 3 is 2.69 bits per heavy atom. The van der Waals surface area contributed by atoms with Crippen LogP contribution in [0, 0.1) is 0 Å². The van der Waals surface area contributed by atoms with E-state index in [1.165, 1.54) is 0 Å². The van der Waals surface area contributed by atoms with Crippen LogP contribution in [0.15, 0.2) is 40.2 Å². The summed E-state index contributed by atoms with van der Waals surface area (Å²) in [7, 11) is -3.35. The van der Waals surface area contributed by atoms with E-state index in [0.29, 0.717) is 43.6 Å². The number of sulfone groups is 1. The van der Waals surface area contributed by atoms with E-state index in [4.69, 9.17) is 9.47 Å². The molecule has 0 aromatic heterocycles. The smallest absolute Gasteiger partial charge is 0.191 e. The highest BCUT2D eigenvalue weighted by Gasteiger charge is 2.21. The van der Waals surface area contributed by atoms with Crippen LogP contribution in [0.5, 0.6) is 0 Å². The van der Waals surface area contributed by atoms with Gasteiger partial charge in [0, 0.05) is 32.3 Å². The lowest BCUT2D eigenvalue weighted by Crippen LogP contribution is -2.46. The van der Waals surface area contributed by atoms with Crippen LogP contribution in [0.1, 0.15) is 33.1 Å². The van der Waals surface area contributed by atoms with Gasteiger partial charge in [0.1, 0.15) is 0 Å². The fraction of sp³-hybridized carbons (Fsp3) is 0.650. The summed E-state index contributed by atoms with van der Waals surface area (Å²) in [5, 5.41) is 6.45. The Labute approximate surface area is 192 Å². The second kappa shape index (κ2) is 14.2. The van der Waals surface area contributed by atoms with Crippen molar-refractivity contribution in [2.75, 3.05) is 38.7 Å². The molecule has 2 unspecified atom stereocenters. The number of guanidine groups is 1. The van der Waals surface area contributed by atoms with E-state index in [9.17, 15) is 8.42 Å². The maximum atomic E-state index is 12.6. The lowest BCUT2D eigenvalue weighted by atomic mass is 10.3. The van der Waals surface area contributed by atoms with Gasteiger partial charge in [0.2, 0.25) is 0 Å². The van der Waals surface area contributed by atoms with Gasteiger partial charge < -0.3 is 20.1 Å². The third-order valence-corrected chi connectivity index (χ3v) is 6.35. The Bertz CT molecular complexity index is 695. The molecule has 0 spiro atoms. The summed E-state index contributed by atoms with van der Waals surface area (Å²) in [4.78, 5) is 4.91. The molecule has 1 aliphatic heterocycles. The quantitative estimate of drug-likeness (QED) is 0.195. The number of nitrogens with zero attached hydrogens (tertiary/aromatic N) is 1. The van der Waals surface area contributed by atoms with Crippen molar-refractivity contribution in [1.82, 2.24) is 10.6 Å². The van der Waals surface area contributed by atoms with Crippen LogP contribution < -0.4 is 10.6 Å². The van der Waals surface area contributed by atoms with Crippen molar-refractivity contribution in [3.05, 3.63) is 30.3 Å². The number of ether oxygens (including phenoxy) is 2. The van der Waals surface area contributed by atoms with Gasteiger partial charge in [-0.1, -0.05) is 25.1 Å². The number of benzene rings is 1. The van der Waals surface area contributed by atoms with Crippen LogP contribution in [-0.2, 0) is 19.3 Å². The number of rotatable bonds is 11. The van der Waals surface area contributed by atoms with Crippen LogP contribution in [0.2, 0.25) is 0 Å². The second-order valence-electron chi connectivity index (χ2n) is 6.81. The fourth-order valence-corrected chi connectivity index (χ4v) is 4.53. The molecule has 0 radical (unpaired) electrons. The van der Waals surface area contributed by atoms with E-state index in [1.807, 2.05) is 19.9 Å². The number of halogens is 1. The summed E-state index contributed by atoms with van der Waals surface area (Å²) in [6, 6.07) is 8.36. The molecule has 1 saturated heterocycles. The highest BCUT2D eigenvalue weighted by atomic mass is 127. The first kappa shape index (κ1) is 26.1. The third-order valence-electron chi connectivity index (χ3n) is 4.51. The van der Waals surface area contributed by atoms with Crippen LogP contribution in [0.3, 0.4) is 0 Å². The molecule has 2 atom stereocenters. The number of nitrogens with one attached hydrogen (secondary N) is 2. The molecule has 1 heterocycles. The SMILES string of the molecule is CCNC(=NCCCOC1CCOC1)NC(CC)CS(=O)(=O)c1ccccc1.I. The van der Waals surface area contributed by atoms with Crippen molar-refractivity contribution in [2.24, 2.45) is 4.99 Å². The van der Waals surface area contributed by atoms with Gasteiger partial charge in [0.25, 0.3) is 0 Å². The zero-order valence-electron chi connectivity index (χ0n) is 17.3. The monoisotopic (exact) mass is 539 g/mol. The predicted octanol–water partition coefficient (Wildman–Crippen LogP) is 2.61. The second-order valence-corrected chi connectivity index (χ2v) is 8.85. The molecule has 9 heteroatoms. The molecule has 0 aliphatic carbocycles. The summed E-state index contributed by atoms with van der Waals surface area (Å²) >= 11 is 0. The van der Waals surface area contributed by atoms with Crippen LogP contribution in [-0.4, -0.2) is 65.2 Å². The average molecular weight is 539 g/mol. The summed E-state index contributed by atoms with van der Waals surface area (Å²) in [5.74, 6) is 0.671. The largest absolute Gasteiger partial charge is 0.379 e. The Balaban J connectivity index is 0.00000420. The molecular weight excluding hydrogens is 505 g/mol. The van der Waals surface area contributed by atoms with Crippen molar-refractivity contribution in [2.45, 2.75) is 50.2 Å². The van der Waals surface area contributed by atoms with Gasteiger partial charge >= 0.3 is 0 Å². The van der Waals surface area contributed by atoms with Crippen LogP contribution >= 0.6 is 24.0 Å². The first-order valence-electron chi connectivity index (χ1n) is 10.1. The fourth-order valence-electron chi connectivity index (χ4n) is 2.91. The molecule has 2 rings (SSSR count). The highest BCUT2D eigenvalue weighted by molar-refractivity contribution is 14.0. The summed E-state index contributed by atoms with van der Waals surface area (Å²) in [6.07, 6.45) is 2.66. The van der Waals surface area contributed by atoms with Crippen molar-refractivity contribution < 1.29 is 17.9 Å². The molecule has 0 bridgehead atoms. The maximum Gasteiger partial charge on any atom is 0.191 e. The molecule has 1 aliphatic rings. The molecule has 2 N–H and O–H groups in total. The lowest BCUT2D eigenvalue weighted by molar-refractivity contribution is 0.0424. The van der Waals surface area contributed by atoms with E-state index in [0.717, 1.165) is 19.4 Å². The van der Waals surface area contributed by atoms with E-state index >= 15 is 0 Å². The van der Waals surface area contributed by atoms with Gasteiger partial charge in [-0.25, -0.2) is 8.42 Å². The molecule has 1 aromatic rings. The predicted molar refractivity (Wildman–Crippen MR) is 127 cm³/mol. The van der Waals surface area contributed by atoms with Crippen LogP contribution in [0.4, 0.5) is 0 Å². The molecule has 0 amide bonds. The minimum atomic E-state index is -3.35. The molecule has 29 heavy (non-hydrogen) atoms. The highest BCUT2D eigenvalue weighted by Crippen LogP contribution is 2.12. The standard InChI is InChI=1S/C20H33N3O4S.HI/c1-3-17(16-28(24,25)19-9-6-5-7-10-19)23-20(21-4-2)22-12-8-13-27-18-11-14-26-15-18;/h5-7,9-10,17-18H,3-4,8,11-16H2,1-2H3,(H2,21,22,23);1H. The van der Waals surface area contributed by atoms with Gasteiger partial charge in [0.05, 0.1) is 23.4 Å². The number of hydrogen-bond acceptors (Lipinski definition) is 5. The molecular formula is C20H34IN3O4S. The van der Waals surface area contributed by atoms with Crippen LogP contribution in [0.25, 0.3) is 0 Å². The average Bonchev–Trinajstić information content (AvgIpc) is 3.21. The van der Waals surface area contributed by atoms with Crippen molar-refractivity contribution in [3.63, 3.8) is 0 Å². The topological polar surface area (TPSA) is 89.0 Å². The van der Waals surface area contributed by atoms with Gasteiger partial charge in [-0.05, 0) is 38.3 Å². The summed E-state index contributed by atoms with van der Waals surface area (Å²) in [6.45, 7) is 7.40. The summed E-state index contributed by atoms with van der Waals surface area (Å²) in [5.41, 5.74) is 0. The summed E-state index contributed by atoms with van der Waals surface area (Å²) < 4.78 is 36.3. The minimum absolute atomic E-state index is 0. The van der Waals surface area contributed by atoms with Gasteiger partial charge in [-0.3, -0.25) is 4.99 Å².